The molecule has 1 aromatic rings. The van der Waals surface area contributed by atoms with Crippen LogP contribution < -0.4 is 4.72 Å². The summed E-state index contributed by atoms with van der Waals surface area (Å²) < 4.78 is 27.1. The number of aryl methyl sites for hydroxylation is 1. The molecule has 1 rings (SSSR count). The number of unbranched alkanes of at least 4 members (excludes halogenated alkanes) is 5. The van der Waals surface area contributed by atoms with E-state index in [-0.39, 0.29) is 6.61 Å². The molecule has 1 heterocycles. The van der Waals surface area contributed by atoms with Crippen molar-refractivity contribution in [3.05, 3.63) is 16.5 Å². The van der Waals surface area contributed by atoms with Crippen molar-refractivity contribution in [3.8, 4) is 0 Å². The lowest BCUT2D eigenvalue weighted by molar-refractivity contribution is 0.285. The second-order valence-corrected chi connectivity index (χ2v) is 8.13. The van der Waals surface area contributed by atoms with Gasteiger partial charge in [0.15, 0.2) is 0 Å². The molecule has 0 spiro atoms. The number of hydrogen-bond acceptors (Lipinski definition) is 4. The van der Waals surface area contributed by atoms with Gasteiger partial charge in [-0.1, -0.05) is 39.0 Å². The molecule has 116 valence electrons. The molecule has 0 atom stereocenters. The van der Waals surface area contributed by atoms with Crippen LogP contribution in [0.4, 0.5) is 0 Å². The first kappa shape index (κ1) is 17.6. The first-order valence-electron chi connectivity index (χ1n) is 7.21. The molecule has 4 nitrogen and oxygen atoms in total. The van der Waals surface area contributed by atoms with Crippen LogP contribution >= 0.6 is 11.3 Å². The molecule has 0 aliphatic heterocycles. The van der Waals surface area contributed by atoms with Crippen molar-refractivity contribution in [3.63, 3.8) is 0 Å². The first-order valence-corrected chi connectivity index (χ1v) is 9.51. The minimum absolute atomic E-state index is 0.108. The van der Waals surface area contributed by atoms with E-state index >= 15 is 0 Å². The van der Waals surface area contributed by atoms with Gasteiger partial charge in [-0.25, -0.2) is 13.1 Å². The number of hydrogen-bond donors (Lipinski definition) is 2. The van der Waals surface area contributed by atoms with Gasteiger partial charge in [-0.3, -0.25) is 0 Å². The molecule has 0 radical (unpaired) electrons. The van der Waals surface area contributed by atoms with E-state index in [0.29, 0.717) is 15.6 Å². The normalized spacial score (nSPS) is 11.9. The Balaban J connectivity index is 2.38. The number of aliphatic hydroxyl groups excluding tert-OH is 1. The fourth-order valence-electron chi connectivity index (χ4n) is 1.96. The zero-order valence-electron chi connectivity index (χ0n) is 12.3. The molecular weight excluding hydrogens is 294 g/mol. The topological polar surface area (TPSA) is 66.4 Å². The lowest BCUT2D eigenvalue weighted by atomic mass is 10.1. The summed E-state index contributed by atoms with van der Waals surface area (Å²) in [5.74, 6) is 0. The number of nitrogens with one attached hydrogen (secondary N) is 1. The Kier molecular flexibility index (Phi) is 7.72. The Labute approximate surface area is 126 Å². The van der Waals surface area contributed by atoms with Crippen molar-refractivity contribution in [1.29, 1.82) is 0 Å². The highest BCUT2D eigenvalue weighted by Crippen LogP contribution is 2.25. The molecule has 0 aliphatic rings. The summed E-state index contributed by atoms with van der Waals surface area (Å²) in [6.45, 7) is 4.37. The highest BCUT2D eigenvalue weighted by Gasteiger charge is 2.17. The summed E-state index contributed by atoms with van der Waals surface area (Å²) in [5.41, 5.74) is 0.831. The highest BCUT2D eigenvalue weighted by atomic mass is 32.2. The molecule has 0 fully saturated rings. The standard InChI is InChI=1S/C14H25NO3S2/c1-3-4-5-6-7-8-9-15-20(17,18)14-10-12(2)13(11-16)19-14/h10,15-16H,3-9,11H2,1-2H3. The minimum Gasteiger partial charge on any atom is -0.391 e. The summed E-state index contributed by atoms with van der Waals surface area (Å²) in [7, 11) is -3.41. The van der Waals surface area contributed by atoms with Gasteiger partial charge in [0.25, 0.3) is 0 Å². The fourth-order valence-corrected chi connectivity index (χ4v) is 4.53. The number of thiophene rings is 1. The molecule has 6 heteroatoms. The van der Waals surface area contributed by atoms with Crippen LogP contribution in [0.3, 0.4) is 0 Å². The average molecular weight is 319 g/mol. The van der Waals surface area contributed by atoms with Gasteiger partial charge in [-0.2, -0.15) is 0 Å². The molecule has 0 aromatic carbocycles. The van der Waals surface area contributed by atoms with Crippen LogP contribution in [0.2, 0.25) is 0 Å². The third kappa shape index (κ3) is 5.52. The average Bonchev–Trinajstić information content (AvgIpc) is 2.80. The van der Waals surface area contributed by atoms with Crippen molar-refractivity contribution in [2.75, 3.05) is 6.54 Å². The summed E-state index contributed by atoms with van der Waals surface area (Å²) in [5, 5.41) is 9.11. The molecule has 0 saturated carbocycles. The second kappa shape index (κ2) is 8.77. The number of sulfonamides is 1. The number of rotatable bonds is 10. The van der Waals surface area contributed by atoms with E-state index in [1.54, 1.807) is 6.07 Å². The summed E-state index contributed by atoms with van der Waals surface area (Å²) in [4.78, 5) is 0.713. The summed E-state index contributed by atoms with van der Waals surface area (Å²) in [6, 6.07) is 1.62. The van der Waals surface area contributed by atoms with Crippen LogP contribution in [-0.2, 0) is 16.6 Å². The Bertz CT molecular complexity index is 495. The van der Waals surface area contributed by atoms with Crippen LogP contribution in [0, 0.1) is 6.92 Å². The molecular formula is C14H25NO3S2. The zero-order chi connectivity index (χ0) is 15.0. The Morgan fingerprint density at radius 3 is 2.45 bits per heavy atom. The van der Waals surface area contributed by atoms with Crippen LogP contribution in [0.15, 0.2) is 10.3 Å². The van der Waals surface area contributed by atoms with Gasteiger partial charge >= 0.3 is 0 Å². The minimum atomic E-state index is -3.41. The third-order valence-electron chi connectivity index (χ3n) is 3.23. The summed E-state index contributed by atoms with van der Waals surface area (Å²) >= 11 is 1.14. The zero-order valence-corrected chi connectivity index (χ0v) is 13.9. The SMILES string of the molecule is CCCCCCCCNS(=O)(=O)c1cc(C)c(CO)s1. The Hall–Kier alpha value is -0.430. The second-order valence-electron chi connectivity index (χ2n) is 5.00. The van der Waals surface area contributed by atoms with Crippen molar-refractivity contribution in [1.82, 2.24) is 4.72 Å². The molecule has 1 aromatic heterocycles. The maximum atomic E-state index is 12.1. The predicted octanol–water partition coefficient (Wildman–Crippen LogP) is 3.19. The van der Waals surface area contributed by atoms with Crippen LogP contribution in [-0.4, -0.2) is 20.1 Å². The van der Waals surface area contributed by atoms with E-state index in [1.807, 2.05) is 6.92 Å². The van der Waals surface area contributed by atoms with E-state index in [0.717, 1.165) is 29.7 Å². The largest absolute Gasteiger partial charge is 0.391 e. The molecule has 0 amide bonds. The fraction of sp³-hybridized carbons (Fsp3) is 0.714. The number of aliphatic hydroxyl groups is 1. The van der Waals surface area contributed by atoms with Gasteiger partial charge < -0.3 is 5.11 Å². The smallest absolute Gasteiger partial charge is 0.250 e. The van der Waals surface area contributed by atoms with Crippen LogP contribution in [0.25, 0.3) is 0 Å². The molecule has 20 heavy (non-hydrogen) atoms. The Morgan fingerprint density at radius 1 is 1.20 bits per heavy atom. The quantitative estimate of drug-likeness (QED) is 0.651. The Morgan fingerprint density at radius 2 is 1.85 bits per heavy atom. The predicted molar refractivity (Wildman–Crippen MR) is 83.5 cm³/mol. The highest BCUT2D eigenvalue weighted by molar-refractivity contribution is 7.91. The van der Waals surface area contributed by atoms with Gasteiger partial charge in [0.1, 0.15) is 4.21 Å². The molecule has 0 unspecified atom stereocenters. The maximum absolute atomic E-state index is 12.1. The molecule has 0 saturated heterocycles. The first-order chi connectivity index (χ1) is 9.51. The van der Waals surface area contributed by atoms with E-state index < -0.39 is 10.0 Å². The lowest BCUT2D eigenvalue weighted by Crippen LogP contribution is -2.23. The van der Waals surface area contributed by atoms with Crippen molar-refractivity contribution in [2.45, 2.75) is 63.2 Å². The summed E-state index contributed by atoms with van der Waals surface area (Å²) in [6.07, 6.45) is 6.81. The van der Waals surface area contributed by atoms with Gasteiger partial charge in [0.05, 0.1) is 6.61 Å². The van der Waals surface area contributed by atoms with Crippen molar-refractivity contribution >= 4 is 21.4 Å². The van der Waals surface area contributed by atoms with E-state index in [1.165, 1.54) is 25.7 Å². The third-order valence-corrected chi connectivity index (χ3v) is 6.39. The van der Waals surface area contributed by atoms with Crippen LogP contribution in [0.1, 0.15) is 55.9 Å². The monoisotopic (exact) mass is 319 g/mol. The molecule has 2 N–H and O–H groups in total. The van der Waals surface area contributed by atoms with Crippen molar-refractivity contribution < 1.29 is 13.5 Å². The van der Waals surface area contributed by atoms with Gasteiger partial charge in [-0.05, 0) is 25.0 Å². The van der Waals surface area contributed by atoms with Gasteiger partial charge in [-0.15, -0.1) is 11.3 Å². The van der Waals surface area contributed by atoms with Crippen molar-refractivity contribution in [2.24, 2.45) is 0 Å². The van der Waals surface area contributed by atoms with E-state index in [4.69, 9.17) is 5.11 Å². The molecule has 0 aliphatic carbocycles. The lowest BCUT2D eigenvalue weighted by Gasteiger charge is -2.04. The molecule has 0 bridgehead atoms. The van der Waals surface area contributed by atoms with Crippen LogP contribution in [0.5, 0.6) is 0 Å². The maximum Gasteiger partial charge on any atom is 0.250 e. The van der Waals surface area contributed by atoms with Gasteiger partial charge in [0, 0.05) is 11.4 Å². The van der Waals surface area contributed by atoms with Gasteiger partial charge in [0.2, 0.25) is 10.0 Å². The van der Waals surface area contributed by atoms with E-state index in [9.17, 15) is 8.42 Å². The van der Waals surface area contributed by atoms with E-state index in [2.05, 4.69) is 11.6 Å².